The minimum atomic E-state index is -0.335. The summed E-state index contributed by atoms with van der Waals surface area (Å²) in [5, 5.41) is 19.5. The van der Waals surface area contributed by atoms with E-state index in [-0.39, 0.29) is 10.6 Å². The molecule has 1 aliphatic carbocycles. The summed E-state index contributed by atoms with van der Waals surface area (Å²) in [6.07, 6.45) is 7.14. The van der Waals surface area contributed by atoms with Crippen molar-refractivity contribution in [1.82, 2.24) is 9.78 Å². The second kappa shape index (κ2) is 5.68. The Kier molecular flexibility index (Phi) is 3.52. The zero-order valence-corrected chi connectivity index (χ0v) is 13.0. The van der Waals surface area contributed by atoms with Gasteiger partial charge in [0.05, 0.1) is 10.6 Å². The Morgan fingerprint density at radius 3 is 2.78 bits per heavy atom. The molecule has 0 bridgehead atoms. The number of benzene rings is 1. The molecule has 0 amide bonds. The summed E-state index contributed by atoms with van der Waals surface area (Å²) >= 11 is 0. The minimum Gasteiger partial charge on any atom is -0.369 e. The number of nitrogens with zero attached hydrogens (tertiary/aromatic N) is 3. The van der Waals surface area contributed by atoms with Gasteiger partial charge in [0, 0.05) is 24.1 Å². The summed E-state index contributed by atoms with van der Waals surface area (Å²) in [5.74, 6) is 1.45. The number of nitrogens with one attached hydrogen (secondary N) is 1. The number of nitro benzene ring substituents is 1. The number of anilines is 1. The molecule has 1 aliphatic heterocycles. The van der Waals surface area contributed by atoms with Crippen LogP contribution in [0.2, 0.25) is 0 Å². The Hall–Kier alpha value is -2.37. The number of nitro groups is 1. The number of aromatic nitrogens is 2. The third kappa shape index (κ3) is 2.38. The highest BCUT2D eigenvalue weighted by Crippen LogP contribution is 2.39. The lowest BCUT2D eigenvalue weighted by Gasteiger charge is -2.20. The Bertz CT molecular complexity index is 747. The normalized spacial score (nSPS) is 17.7. The predicted octanol–water partition coefficient (Wildman–Crippen LogP) is 3.80. The third-order valence-electron chi connectivity index (χ3n) is 4.98. The van der Waals surface area contributed by atoms with Crippen molar-refractivity contribution in [2.24, 2.45) is 0 Å². The average Bonchev–Trinajstić information content (AvgIpc) is 3.18. The maximum Gasteiger partial charge on any atom is 0.294 e. The van der Waals surface area contributed by atoms with Crippen LogP contribution in [0.15, 0.2) is 24.3 Å². The molecule has 0 unspecified atom stereocenters. The van der Waals surface area contributed by atoms with Gasteiger partial charge in [0.1, 0.15) is 11.5 Å². The molecular formula is C17H20N4O2. The largest absolute Gasteiger partial charge is 0.369 e. The van der Waals surface area contributed by atoms with E-state index < -0.39 is 0 Å². The van der Waals surface area contributed by atoms with Crippen molar-refractivity contribution >= 4 is 11.5 Å². The summed E-state index contributed by atoms with van der Waals surface area (Å²) in [6.45, 7) is 0.882. The van der Waals surface area contributed by atoms with Gasteiger partial charge in [-0.15, -0.1) is 0 Å². The van der Waals surface area contributed by atoms with Crippen LogP contribution >= 0.6 is 0 Å². The maximum atomic E-state index is 11.3. The molecule has 1 N–H and O–H groups in total. The van der Waals surface area contributed by atoms with Gasteiger partial charge in [-0.1, -0.05) is 31.4 Å². The molecule has 0 spiro atoms. The van der Waals surface area contributed by atoms with Gasteiger partial charge >= 0.3 is 0 Å². The lowest BCUT2D eigenvalue weighted by molar-refractivity contribution is -0.384. The van der Waals surface area contributed by atoms with E-state index in [9.17, 15) is 10.1 Å². The van der Waals surface area contributed by atoms with Crippen LogP contribution in [-0.4, -0.2) is 21.2 Å². The second-order valence-corrected chi connectivity index (χ2v) is 6.38. The smallest absolute Gasteiger partial charge is 0.294 e. The highest BCUT2D eigenvalue weighted by Gasteiger charge is 2.30. The molecule has 4 rings (SSSR count). The van der Waals surface area contributed by atoms with Crippen molar-refractivity contribution in [3.05, 3.63) is 45.6 Å². The van der Waals surface area contributed by atoms with E-state index in [0.717, 1.165) is 24.5 Å². The summed E-state index contributed by atoms with van der Waals surface area (Å²) in [4.78, 5) is 11.0. The topological polar surface area (TPSA) is 73.0 Å². The lowest BCUT2D eigenvalue weighted by atomic mass is 9.85. The molecule has 0 radical (unpaired) electrons. The van der Waals surface area contributed by atoms with Crippen molar-refractivity contribution in [1.29, 1.82) is 0 Å². The van der Waals surface area contributed by atoms with Crippen LogP contribution in [0.1, 0.15) is 49.3 Å². The first-order valence-electron chi connectivity index (χ1n) is 8.35. The standard InChI is InChI=1S/C17H20N4O2/c22-21(23)15-9-5-4-8-14(15)20-17-13(10-11-18-17)16(19-20)12-6-2-1-3-7-12/h4-5,8-9,12,18H,1-3,6-7,10-11H2. The van der Waals surface area contributed by atoms with Gasteiger partial charge < -0.3 is 5.32 Å². The Balaban J connectivity index is 1.83. The molecule has 2 heterocycles. The first kappa shape index (κ1) is 14.2. The molecule has 6 heteroatoms. The molecule has 0 atom stereocenters. The van der Waals surface area contributed by atoms with E-state index >= 15 is 0 Å². The number of fused-ring (bicyclic) bond motifs is 1. The first-order chi connectivity index (χ1) is 11.3. The molecule has 0 saturated heterocycles. The van der Waals surface area contributed by atoms with Crippen LogP contribution in [0.4, 0.5) is 11.5 Å². The van der Waals surface area contributed by atoms with Crippen molar-refractivity contribution in [3.63, 3.8) is 0 Å². The summed E-state index contributed by atoms with van der Waals surface area (Å²) in [7, 11) is 0. The predicted molar refractivity (Wildman–Crippen MR) is 88.2 cm³/mol. The average molecular weight is 312 g/mol. The third-order valence-corrected chi connectivity index (χ3v) is 4.98. The summed E-state index contributed by atoms with van der Waals surface area (Å²) in [6, 6.07) is 6.83. The van der Waals surface area contributed by atoms with Gasteiger partial charge in [-0.05, 0) is 25.3 Å². The van der Waals surface area contributed by atoms with E-state index in [1.54, 1.807) is 22.9 Å². The maximum absolute atomic E-state index is 11.3. The monoisotopic (exact) mass is 312 g/mol. The molecule has 2 aromatic rings. The fraction of sp³-hybridized carbons (Fsp3) is 0.471. The van der Waals surface area contributed by atoms with Gasteiger partial charge in [-0.2, -0.15) is 5.10 Å². The molecule has 1 aromatic carbocycles. The van der Waals surface area contributed by atoms with Crippen LogP contribution < -0.4 is 5.32 Å². The van der Waals surface area contributed by atoms with Crippen molar-refractivity contribution in [3.8, 4) is 5.69 Å². The van der Waals surface area contributed by atoms with E-state index in [4.69, 9.17) is 5.10 Å². The molecule has 23 heavy (non-hydrogen) atoms. The molecule has 1 fully saturated rings. The van der Waals surface area contributed by atoms with E-state index in [0.29, 0.717) is 11.6 Å². The van der Waals surface area contributed by atoms with Gasteiger partial charge in [-0.3, -0.25) is 10.1 Å². The Morgan fingerprint density at radius 2 is 2.00 bits per heavy atom. The van der Waals surface area contributed by atoms with Crippen molar-refractivity contribution in [2.45, 2.75) is 44.4 Å². The van der Waals surface area contributed by atoms with Crippen molar-refractivity contribution < 1.29 is 4.92 Å². The zero-order chi connectivity index (χ0) is 15.8. The summed E-state index contributed by atoms with van der Waals surface area (Å²) < 4.78 is 1.75. The molecule has 2 aliphatic rings. The van der Waals surface area contributed by atoms with E-state index in [1.807, 2.05) is 6.07 Å². The molecule has 1 saturated carbocycles. The van der Waals surface area contributed by atoms with Crippen LogP contribution in [-0.2, 0) is 6.42 Å². The van der Waals surface area contributed by atoms with Crippen molar-refractivity contribution in [2.75, 3.05) is 11.9 Å². The second-order valence-electron chi connectivity index (χ2n) is 6.38. The highest BCUT2D eigenvalue weighted by atomic mass is 16.6. The molecule has 6 nitrogen and oxygen atoms in total. The minimum absolute atomic E-state index is 0.0988. The van der Waals surface area contributed by atoms with Crippen LogP contribution in [0.25, 0.3) is 5.69 Å². The summed E-state index contributed by atoms with van der Waals surface area (Å²) in [5.41, 5.74) is 3.06. The van der Waals surface area contributed by atoms with E-state index in [1.165, 1.54) is 37.7 Å². The SMILES string of the molecule is O=[N+]([O-])c1ccccc1-n1nc(C2CCCCC2)c2c1NCC2. The van der Waals surface area contributed by atoms with Crippen LogP contribution in [0.3, 0.4) is 0 Å². The highest BCUT2D eigenvalue weighted by molar-refractivity contribution is 5.62. The lowest BCUT2D eigenvalue weighted by Crippen LogP contribution is -2.10. The fourth-order valence-corrected chi connectivity index (χ4v) is 3.88. The molecule has 120 valence electrons. The Labute approximate surface area is 134 Å². The van der Waals surface area contributed by atoms with Crippen LogP contribution in [0.5, 0.6) is 0 Å². The number of rotatable bonds is 3. The van der Waals surface area contributed by atoms with Gasteiger partial charge in [0.2, 0.25) is 0 Å². The van der Waals surface area contributed by atoms with E-state index in [2.05, 4.69) is 5.32 Å². The van der Waals surface area contributed by atoms with Gasteiger partial charge in [-0.25, -0.2) is 4.68 Å². The molecular weight excluding hydrogens is 292 g/mol. The number of para-hydroxylation sites is 2. The number of hydrogen-bond acceptors (Lipinski definition) is 4. The number of hydrogen-bond donors (Lipinski definition) is 1. The van der Waals surface area contributed by atoms with Crippen LogP contribution in [0, 0.1) is 10.1 Å². The van der Waals surface area contributed by atoms with Gasteiger partial charge in [0.15, 0.2) is 0 Å². The Morgan fingerprint density at radius 1 is 1.22 bits per heavy atom. The molecule has 1 aromatic heterocycles. The zero-order valence-electron chi connectivity index (χ0n) is 13.0. The fourth-order valence-electron chi connectivity index (χ4n) is 3.88. The first-order valence-corrected chi connectivity index (χ1v) is 8.35. The van der Waals surface area contributed by atoms with Gasteiger partial charge in [0.25, 0.3) is 5.69 Å². The quantitative estimate of drug-likeness (QED) is 0.691.